The number of benzene rings is 1. The highest BCUT2D eigenvalue weighted by atomic mass is 16.6. The maximum absolute atomic E-state index is 12.9. The summed E-state index contributed by atoms with van der Waals surface area (Å²) in [6.07, 6.45) is 1.53. The molecule has 1 saturated heterocycles. The average molecular weight is 443 g/mol. The Morgan fingerprint density at radius 2 is 2.06 bits per heavy atom. The van der Waals surface area contributed by atoms with Crippen LogP contribution in [0.25, 0.3) is 11.5 Å². The largest absolute Gasteiger partial charge is 0.444 e. The van der Waals surface area contributed by atoms with Crippen LogP contribution in [0.15, 0.2) is 28.7 Å². The standard InChI is InChI=1S/C24H34N4O4/c1-16-17(2)31-21(25-16)19-10-7-11-20(13-19)26-22(29)28-12-8-9-18(15-28)14-27(6)23(30)32-24(3,4)5/h7,10-11,13,18H,8-9,12,14-15H2,1-6H3,(H,26,29). The van der Waals surface area contributed by atoms with Crippen molar-refractivity contribution in [3.8, 4) is 11.5 Å². The van der Waals surface area contributed by atoms with Crippen molar-refractivity contribution in [1.82, 2.24) is 14.8 Å². The number of amides is 3. The molecule has 3 rings (SSSR count). The molecule has 32 heavy (non-hydrogen) atoms. The van der Waals surface area contributed by atoms with Crippen LogP contribution in [0.2, 0.25) is 0 Å². The predicted molar refractivity (Wildman–Crippen MR) is 124 cm³/mol. The summed E-state index contributed by atoms with van der Waals surface area (Å²) in [7, 11) is 1.74. The number of nitrogens with one attached hydrogen (secondary N) is 1. The van der Waals surface area contributed by atoms with Crippen molar-refractivity contribution in [3.05, 3.63) is 35.7 Å². The van der Waals surface area contributed by atoms with E-state index < -0.39 is 5.60 Å². The van der Waals surface area contributed by atoms with Crippen LogP contribution in [0.5, 0.6) is 0 Å². The van der Waals surface area contributed by atoms with Gasteiger partial charge in [-0.05, 0) is 71.6 Å². The molecule has 8 nitrogen and oxygen atoms in total. The summed E-state index contributed by atoms with van der Waals surface area (Å²) in [5, 5.41) is 2.98. The lowest BCUT2D eigenvalue weighted by molar-refractivity contribution is 0.0253. The molecule has 174 valence electrons. The number of aryl methyl sites for hydroxylation is 2. The minimum Gasteiger partial charge on any atom is -0.444 e. The number of carbonyl (C=O) groups is 2. The van der Waals surface area contributed by atoms with Gasteiger partial charge in [-0.25, -0.2) is 14.6 Å². The molecule has 1 fully saturated rings. The molecule has 1 N–H and O–H groups in total. The molecule has 0 radical (unpaired) electrons. The summed E-state index contributed by atoms with van der Waals surface area (Å²) in [6, 6.07) is 7.34. The first kappa shape index (κ1) is 23.6. The van der Waals surface area contributed by atoms with E-state index in [-0.39, 0.29) is 18.0 Å². The second kappa shape index (κ2) is 9.63. The Hall–Kier alpha value is -3.03. The van der Waals surface area contributed by atoms with Gasteiger partial charge in [0.1, 0.15) is 11.4 Å². The van der Waals surface area contributed by atoms with Crippen LogP contribution in [-0.2, 0) is 4.74 Å². The zero-order chi connectivity index (χ0) is 23.5. The lowest BCUT2D eigenvalue weighted by atomic mass is 9.98. The molecule has 0 spiro atoms. The number of oxazole rings is 1. The van der Waals surface area contributed by atoms with Gasteiger partial charge in [-0.2, -0.15) is 0 Å². The average Bonchev–Trinajstić information content (AvgIpc) is 3.05. The summed E-state index contributed by atoms with van der Waals surface area (Å²) in [4.78, 5) is 33.0. The SMILES string of the molecule is Cc1nc(-c2cccc(NC(=O)N3CCCC(CN(C)C(=O)OC(C)(C)C)C3)c2)oc1C. The van der Waals surface area contributed by atoms with Crippen LogP contribution in [-0.4, -0.2) is 59.2 Å². The molecule has 0 bridgehead atoms. The van der Waals surface area contributed by atoms with Crippen LogP contribution in [0.4, 0.5) is 15.3 Å². The van der Waals surface area contributed by atoms with E-state index in [1.165, 1.54) is 0 Å². The van der Waals surface area contributed by atoms with Gasteiger partial charge in [-0.3, -0.25) is 0 Å². The van der Waals surface area contributed by atoms with Crippen molar-refractivity contribution in [2.75, 3.05) is 32.0 Å². The summed E-state index contributed by atoms with van der Waals surface area (Å²) in [5.41, 5.74) is 1.83. The van der Waals surface area contributed by atoms with E-state index in [1.807, 2.05) is 63.8 Å². The number of ether oxygens (including phenoxy) is 1. The van der Waals surface area contributed by atoms with Crippen LogP contribution >= 0.6 is 0 Å². The maximum atomic E-state index is 12.9. The van der Waals surface area contributed by atoms with E-state index >= 15 is 0 Å². The molecule has 1 aromatic heterocycles. The molecule has 1 aliphatic rings. The molecule has 0 aliphatic carbocycles. The van der Waals surface area contributed by atoms with E-state index in [9.17, 15) is 9.59 Å². The van der Waals surface area contributed by atoms with E-state index in [1.54, 1.807) is 11.9 Å². The van der Waals surface area contributed by atoms with E-state index in [2.05, 4.69) is 10.3 Å². The number of hydrogen-bond acceptors (Lipinski definition) is 5. The molecule has 2 heterocycles. The molecule has 1 aliphatic heterocycles. The number of urea groups is 1. The van der Waals surface area contributed by atoms with Crippen molar-refractivity contribution in [3.63, 3.8) is 0 Å². The fourth-order valence-corrected chi connectivity index (χ4v) is 3.73. The topological polar surface area (TPSA) is 87.9 Å². The zero-order valence-electron chi connectivity index (χ0n) is 19.9. The van der Waals surface area contributed by atoms with Crippen molar-refractivity contribution in [1.29, 1.82) is 0 Å². The predicted octanol–water partition coefficient (Wildman–Crippen LogP) is 5.07. The zero-order valence-corrected chi connectivity index (χ0v) is 19.9. The smallest absolute Gasteiger partial charge is 0.410 e. The van der Waals surface area contributed by atoms with Gasteiger partial charge in [0.05, 0.1) is 5.69 Å². The Morgan fingerprint density at radius 3 is 2.72 bits per heavy atom. The highest BCUT2D eigenvalue weighted by Crippen LogP contribution is 2.25. The molecule has 1 aromatic carbocycles. The first-order valence-electron chi connectivity index (χ1n) is 11.1. The quantitative estimate of drug-likeness (QED) is 0.714. The first-order chi connectivity index (χ1) is 15.0. The number of piperidine rings is 1. The fraction of sp³-hybridized carbons (Fsp3) is 0.542. The number of hydrogen-bond donors (Lipinski definition) is 1. The number of nitrogens with zero attached hydrogens (tertiary/aromatic N) is 3. The Morgan fingerprint density at radius 1 is 1.31 bits per heavy atom. The van der Waals surface area contributed by atoms with Crippen molar-refractivity contribution >= 4 is 17.8 Å². The van der Waals surface area contributed by atoms with Gasteiger partial charge >= 0.3 is 12.1 Å². The fourth-order valence-electron chi connectivity index (χ4n) is 3.73. The summed E-state index contributed by atoms with van der Waals surface area (Å²) < 4.78 is 11.1. The number of anilines is 1. The minimum absolute atomic E-state index is 0.147. The molecule has 3 amide bonds. The summed E-state index contributed by atoms with van der Waals surface area (Å²) in [5.74, 6) is 1.53. The van der Waals surface area contributed by atoms with Gasteiger partial charge in [0.25, 0.3) is 0 Å². The highest BCUT2D eigenvalue weighted by Gasteiger charge is 2.27. The maximum Gasteiger partial charge on any atom is 0.410 e. The van der Waals surface area contributed by atoms with Crippen molar-refractivity contribution in [2.45, 2.75) is 53.1 Å². The van der Waals surface area contributed by atoms with Crippen LogP contribution in [0, 0.1) is 19.8 Å². The molecule has 1 atom stereocenters. The Kier molecular flexibility index (Phi) is 7.11. The number of aromatic nitrogens is 1. The summed E-state index contributed by atoms with van der Waals surface area (Å²) >= 11 is 0. The van der Waals surface area contributed by atoms with Crippen LogP contribution < -0.4 is 5.32 Å². The van der Waals surface area contributed by atoms with Gasteiger partial charge in [0.2, 0.25) is 5.89 Å². The lowest BCUT2D eigenvalue weighted by Gasteiger charge is -2.35. The molecular weight excluding hydrogens is 408 g/mol. The molecule has 2 aromatic rings. The number of likely N-dealkylation sites (tertiary alicyclic amines) is 1. The summed E-state index contributed by atoms with van der Waals surface area (Å²) in [6.45, 7) is 11.2. The van der Waals surface area contributed by atoms with Gasteiger partial charge < -0.3 is 24.3 Å². The Bertz CT molecular complexity index is 944. The lowest BCUT2D eigenvalue weighted by Crippen LogP contribution is -2.46. The highest BCUT2D eigenvalue weighted by molar-refractivity contribution is 5.90. The second-order valence-electron chi connectivity index (χ2n) is 9.49. The molecule has 8 heteroatoms. The monoisotopic (exact) mass is 442 g/mol. The number of carbonyl (C=O) groups excluding carboxylic acids is 2. The molecular formula is C24H34N4O4. The normalized spacial score (nSPS) is 16.6. The van der Waals surface area contributed by atoms with Gasteiger partial charge in [-0.15, -0.1) is 0 Å². The first-order valence-corrected chi connectivity index (χ1v) is 11.1. The van der Waals surface area contributed by atoms with Crippen LogP contribution in [0.3, 0.4) is 0 Å². The van der Waals surface area contributed by atoms with Crippen LogP contribution in [0.1, 0.15) is 45.1 Å². The van der Waals surface area contributed by atoms with E-state index in [0.29, 0.717) is 31.2 Å². The van der Waals surface area contributed by atoms with Gasteiger partial charge in [0.15, 0.2) is 0 Å². The molecule has 0 saturated carbocycles. The third-order valence-electron chi connectivity index (χ3n) is 5.43. The Labute approximate surface area is 189 Å². The Balaban J connectivity index is 1.58. The van der Waals surface area contributed by atoms with Gasteiger partial charge in [0, 0.05) is 37.9 Å². The minimum atomic E-state index is -0.527. The third-order valence-corrected chi connectivity index (χ3v) is 5.43. The van der Waals surface area contributed by atoms with Crippen molar-refractivity contribution < 1.29 is 18.7 Å². The number of rotatable bonds is 4. The second-order valence-corrected chi connectivity index (χ2v) is 9.49. The van der Waals surface area contributed by atoms with Crippen molar-refractivity contribution in [2.24, 2.45) is 5.92 Å². The third kappa shape index (κ3) is 6.24. The van der Waals surface area contributed by atoms with E-state index in [4.69, 9.17) is 9.15 Å². The van der Waals surface area contributed by atoms with Gasteiger partial charge in [-0.1, -0.05) is 6.07 Å². The molecule has 1 unspecified atom stereocenters. The van der Waals surface area contributed by atoms with E-state index in [0.717, 1.165) is 29.9 Å².